The summed E-state index contributed by atoms with van der Waals surface area (Å²) < 4.78 is 5.35. The first-order valence-electron chi connectivity index (χ1n) is 8.50. The highest BCUT2D eigenvalue weighted by atomic mass is 16.5. The van der Waals surface area contributed by atoms with Gasteiger partial charge in [0.2, 0.25) is 5.95 Å². The van der Waals surface area contributed by atoms with E-state index in [1.165, 1.54) is 0 Å². The lowest BCUT2D eigenvalue weighted by Crippen LogP contribution is -2.39. The quantitative estimate of drug-likeness (QED) is 0.630. The summed E-state index contributed by atoms with van der Waals surface area (Å²) in [6.07, 6.45) is 3.40. The molecule has 0 saturated carbocycles. The fourth-order valence-corrected chi connectivity index (χ4v) is 2.60. The number of nitrogens with one attached hydrogen (secondary N) is 2. The van der Waals surface area contributed by atoms with Crippen molar-refractivity contribution >= 4 is 17.7 Å². The van der Waals surface area contributed by atoms with Crippen LogP contribution in [0.5, 0.6) is 0 Å². The molecule has 0 spiro atoms. The molecule has 3 N–H and O–H groups in total. The molecule has 1 saturated heterocycles. The van der Waals surface area contributed by atoms with Gasteiger partial charge in [-0.05, 0) is 12.1 Å². The van der Waals surface area contributed by atoms with Crippen molar-refractivity contribution < 1.29 is 14.6 Å². The Kier molecular flexibility index (Phi) is 6.29. The second kappa shape index (κ2) is 9.07. The Hall–Kier alpha value is -2.78. The van der Waals surface area contributed by atoms with Gasteiger partial charge in [-0.15, -0.1) is 0 Å². The highest BCUT2D eigenvalue weighted by molar-refractivity contribution is 5.72. The number of anilines is 2. The SMILES string of the molecule is O=C(O)CNc1nc(NCCN2CCOCC2)cc(-c2cccnc2)n1. The van der Waals surface area contributed by atoms with Crippen molar-refractivity contribution in [2.45, 2.75) is 0 Å². The molecule has 1 aliphatic heterocycles. The number of pyridine rings is 1. The average Bonchev–Trinajstić information content (AvgIpc) is 2.68. The van der Waals surface area contributed by atoms with Crippen LogP contribution in [-0.4, -0.2) is 76.9 Å². The van der Waals surface area contributed by atoms with Crippen LogP contribution in [0.4, 0.5) is 11.8 Å². The summed E-state index contributed by atoms with van der Waals surface area (Å²) in [4.78, 5) is 26.0. The second-order valence-corrected chi connectivity index (χ2v) is 5.83. The largest absolute Gasteiger partial charge is 0.480 e. The van der Waals surface area contributed by atoms with Crippen LogP contribution in [-0.2, 0) is 9.53 Å². The number of aliphatic carboxylic acids is 1. The molecule has 2 aromatic rings. The summed E-state index contributed by atoms with van der Waals surface area (Å²) in [6.45, 7) is 4.75. The van der Waals surface area contributed by atoms with E-state index in [1.807, 2.05) is 18.2 Å². The van der Waals surface area contributed by atoms with Gasteiger partial charge in [0.1, 0.15) is 12.4 Å². The number of aromatic nitrogens is 3. The van der Waals surface area contributed by atoms with Crippen molar-refractivity contribution in [2.24, 2.45) is 0 Å². The molecule has 9 heteroatoms. The zero-order valence-electron chi connectivity index (χ0n) is 14.4. The molecule has 0 atom stereocenters. The Bertz CT molecular complexity index is 722. The standard InChI is InChI=1S/C17H22N6O3/c24-16(25)12-20-17-21-14(13-2-1-3-18-11-13)10-15(22-17)19-4-5-23-6-8-26-9-7-23/h1-3,10-11H,4-9,12H2,(H,24,25)(H2,19,20,21,22). The summed E-state index contributed by atoms with van der Waals surface area (Å²) in [5, 5.41) is 14.9. The summed E-state index contributed by atoms with van der Waals surface area (Å²) in [5.74, 6) is -0.0650. The number of morpholine rings is 1. The lowest BCUT2D eigenvalue weighted by molar-refractivity contribution is -0.134. The number of hydrogen-bond acceptors (Lipinski definition) is 8. The van der Waals surface area contributed by atoms with Gasteiger partial charge in [-0.2, -0.15) is 4.98 Å². The summed E-state index contributed by atoms with van der Waals surface area (Å²) in [5.41, 5.74) is 1.51. The van der Waals surface area contributed by atoms with Crippen molar-refractivity contribution in [3.8, 4) is 11.3 Å². The van der Waals surface area contributed by atoms with Gasteiger partial charge in [-0.25, -0.2) is 4.98 Å². The Labute approximate surface area is 151 Å². The summed E-state index contributed by atoms with van der Waals surface area (Å²) >= 11 is 0. The van der Waals surface area contributed by atoms with Crippen LogP contribution in [0.15, 0.2) is 30.6 Å². The van der Waals surface area contributed by atoms with Gasteiger partial charge in [-0.3, -0.25) is 14.7 Å². The van der Waals surface area contributed by atoms with Crippen LogP contribution >= 0.6 is 0 Å². The predicted molar refractivity (Wildman–Crippen MR) is 97.1 cm³/mol. The summed E-state index contributed by atoms with van der Waals surface area (Å²) in [7, 11) is 0. The Balaban J connectivity index is 1.70. The smallest absolute Gasteiger partial charge is 0.322 e. The van der Waals surface area contributed by atoms with Crippen LogP contribution in [0.1, 0.15) is 0 Å². The molecule has 1 aliphatic rings. The van der Waals surface area contributed by atoms with E-state index in [9.17, 15) is 4.79 Å². The second-order valence-electron chi connectivity index (χ2n) is 5.83. The van der Waals surface area contributed by atoms with Crippen LogP contribution < -0.4 is 10.6 Å². The topological polar surface area (TPSA) is 112 Å². The third-order valence-corrected chi connectivity index (χ3v) is 3.92. The maximum atomic E-state index is 10.8. The molecule has 3 rings (SSSR count). The minimum Gasteiger partial charge on any atom is -0.480 e. The van der Waals surface area contributed by atoms with Crippen molar-refractivity contribution in [2.75, 3.05) is 56.6 Å². The van der Waals surface area contributed by atoms with Crippen molar-refractivity contribution in [3.63, 3.8) is 0 Å². The minimum atomic E-state index is -0.970. The highest BCUT2D eigenvalue weighted by Gasteiger charge is 2.11. The number of rotatable bonds is 8. The number of nitrogens with zero attached hydrogens (tertiary/aromatic N) is 4. The molecule has 0 unspecified atom stereocenters. The van der Waals surface area contributed by atoms with Crippen molar-refractivity contribution in [1.29, 1.82) is 0 Å². The van der Waals surface area contributed by atoms with Gasteiger partial charge in [0, 0.05) is 50.2 Å². The van der Waals surface area contributed by atoms with Gasteiger partial charge in [0.05, 0.1) is 18.9 Å². The van der Waals surface area contributed by atoms with Gasteiger partial charge in [0.25, 0.3) is 0 Å². The van der Waals surface area contributed by atoms with E-state index in [1.54, 1.807) is 12.4 Å². The molecule has 0 radical (unpaired) electrons. The van der Waals surface area contributed by atoms with Crippen LogP contribution in [0.25, 0.3) is 11.3 Å². The molecule has 3 heterocycles. The van der Waals surface area contributed by atoms with Gasteiger partial charge in [-0.1, -0.05) is 0 Å². The molecule has 1 fully saturated rings. The number of carbonyl (C=O) groups is 1. The third-order valence-electron chi connectivity index (χ3n) is 3.92. The predicted octanol–water partition coefficient (Wildman–Crippen LogP) is 0.779. The van der Waals surface area contributed by atoms with E-state index in [0.717, 1.165) is 45.0 Å². The molecule has 138 valence electrons. The van der Waals surface area contributed by atoms with E-state index in [4.69, 9.17) is 9.84 Å². The molecule has 9 nitrogen and oxygen atoms in total. The first-order valence-corrected chi connectivity index (χ1v) is 8.50. The van der Waals surface area contributed by atoms with E-state index in [-0.39, 0.29) is 12.5 Å². The Morgan fingerprint density at radius 1 is 1.27 bits per heavy atom. The molecule has 0 aromatic carbocycles. The fraction of sp³-hybridized carbons (Fsp3) is 0.412. The third kappa shape index (κ3) is 5.36. The Morgan fingerprint density at radius 3 is 2.85 bits per heavy atom. The van der Waals surface area contributed by atoms with E-state index < -0.39 is 5.97 Å². The number of carboxylic acids is 1. The molecule has 0 bridgehead atoms. The highest BCUT2D eigenvalue weighted by Crippen LogP contribution is 2.20. The number of carboxylic acid groups (broad SMARTS) is 1. The first kappa shape index (κ1) is 18.0. The van der Waals surface area contributed by atoms with Crippen molar-refractivity contribution in [1.82, 2.24) is 19.9 Å². The monoisotopic (exact) mass is 358 g/mol. The van der Waals surface area contributed by atoms with E-state index >= 15 is 0 Å². The van der Waals surface area contributed by atoms with E-state index in [2.05, 4.69) is 30.5 Å². The number of ether oxygens (including phenoxy) is 1. The summed E-state index contributed by atoms with van der Waals surface area (Å²) in [6, 6.07) is 5.56. The van der Waals surface area contributed by atoms with Crippen LogP contribution in [0.2, 0.25) is 0 Å². The maximum absolute atomic E-state index is 10.8. The molecular formula is C17H22N6O3. The lowest BCUT2D eigenvalue weighted by Gasteiger charge is -2.26. The molecular weight excluding hydrogens is 336 g/mol. The van der Waals surface area contributed by atoms with Gasteiger partial charge in [0.15, 0.2) is 0 Å². The zero-order chi connectivity index (χ0) is 18.2. The van der Waals surface area contributed by atoms with Crippen LogP contribution in [0, 0.1) is 0 Å². The first-order chi connectivity index (χ1) is 12.7. The minimum absolute atomic E-state index is 0.246. The van der Waals surface area contributed by atoms with Crippen LogP contribution in [0.3, 0.4) is 0 Å². The Morgan fingerprint density at radius 2 is 2.12 bits per heavy atom. The van der Waals surface area contributed by atoms with Gasteiger partial charge >= 0.3 is 5.97 Å². The zero-order valence-corrected chi connectivity index (χ0v) is 14.4. The van der Waals surface area contributed by atoms with Crippen molar-refractivity contribution in [3.05, 3.63) is 30.6 Å². The molecule has 0 aliphatic carbocycles. The average molecular weight is 358 g/mol. The van der Waals surface area contributed by atoms with E-state index in [0.29, 0.717) is 11.5 Å². The molecule has 26 heavy (non-hydrogen) atoms. The fourth-order valence-electron chi connectivity index (χ4n) is 2.60. The molecule has 0 amide bonds. The lowest BCUT2D eigenvalue weighted by atomic mass is 10.2. The maximum Gasteiger partial charge on any atom is 0.322 e. The normalized spacial score (nSPS) is 14.8. The molecule has 2 aromatic heterocycles. The van der Waals surface area contributed by atoms with Gasteiger partial charge < -0.3 is 20.5 Å². The number of hydrogen-bond donors (Lipinski definition) is 3.